The molecule has 0 saturated carbocycles. The lowest BCUT2D eigenvalue weighted by molar-refractivity contribution is 0.0775. The molecule has 0 aliphatic heterocycles. The number of furan rings is 1. The second-order valence-corrected chi connectivity index (χ2v) is 5.14. The highest BCUT2D eigenvalue weighted by atomic mass is 35.5. The molecule has 0 radical (unpaired) electrons. The topological polar surface area (TPSA) is 33.5 Å². The molecule has 0 saturated heterocycles. The Morgan fingerprint density at radius 1 is 1.26 bits per heavy atom. The van der Waals surface area contributed by atoms with Crippen LogP contribution >= 0.6 is 23.2 Å². The summed E-state index contributed by atoms with van der Waals surface area (Å²) in [6.07, 6.45) is 0. The van der Waals surface area contributed by atoms with Crippen LogP contribution in [-0.4, -0.2) is 17.9 Å². The highest BCUT2D eigenvalue weighted by molar-refractivity contribution is 6.35. The second kappa shape index (κ2) is 5.68. The molecule has 0 aliphatic carbocycles. The average Bonchev–Trinajstić information content (AvgIpc) is 2.77. The molecule has 0 spiro atoms. The maximum Gasteiger partial charge on any atom is 0.255 e. The highest BCUT2D eigenvalue weighted by Crippen LogP contribution is 2.22. The number of aryl methyl sites for hydroxylation is 1. The SMILES string of the molecule is Cc1ccc(CN(C)C(=O)c2cc(Cl)ccc2Cl)o1. The first kappa shape index (κ1) is 14.0. The molecule has 1 aromatic carbocycles. The van der Waals surface area contributed by atoms with Crippen molar-refractivity contribution in [3.63, 3.8) is 0 Å². The van der Waals surface area contributed by atoms with Gasteiger partial charge in [0.15, 0.2) is 0 Å². The third kappa shape index (κ3) is 3.31. The zero-order valence-corrected chi connectivity index (χ0v) is 12.1. The summed E-state index contributed by atoms with van der Waals surface area (Å²) in [7, 11) is 1.69. The van der Waals surface area contributed by atoms with Gasteiger partial charge in [-0.25, -0.2) is 0 Å². The number of benzene rings is 1. The minimum atomic E-state index is -0.193. The van der Waals surface area contributed by atoms with E-state index >= 15 is 0 Å². The molecule has 1 heterocycles. The number of carbonyl (C=O) groups excluding carboxylic acids is 1. The average molecular weight is 298 g/mol. The summed E-state index contributed by atoms with van der Waals surface area (Å²) in [6, 6.07) is 8.54. The number of hydrogen-bond acceptors (Lipinski definition) is 2. The molecule has 1 aromatic heterocycles. The van der Waals surface area contributed by atoms with E-state index in [4.69, 9.17) is 27.6 Å². The zero-order valence-electron chi connectivity index (χ0n) is 10.6. The van der Waals surface area contributed by atoms with Crippen molar-refractivity contribution in [3.8, 4) is 0 Å². The minimum absolute atomic E-state index is 0.193. The number of amides is 1. The van der Waals surface area contributed by atoms with Gasteiger partial charge in [-0.05, 0) is 37.3 Å². The van der Waals surface area contributed by atoms with Crippen molar-refractivity contribution in [2.75, 3.05) is 7.05 Å². The van der Waals surface area contributed by atoms with Crippen LogP contribution in [0, 0.1) is 6.92 Å². The van der Waals surface area contributed by atoms with Gasteiger partial charge in [0.05, 0.1) is 17.1 Å². The largest absolute Gasteiger partial charge is 0.464 e. The van der Waals surface area contributed by atoms with E-state index in [-0.39, 0.29) is 5.91 Å². The van der Waals surface area contributed by atoms with E-state index in [1.165, 1.54) is 4.90 Å². The van der Waals surface area contributed by atoms with Crippen LogP contribution in [0.2, 0.25) is 10.0 Å². The van der Waals surface area contributed by atoms with E-state index in [1.54, 1.807) is 25.2 Å². The molecule has 100 valence electrons. The van der Waals surface area contributed by atoms with Gasteiger partial charge in [0, 0.05) is 12.1 Å². The molecular weight excluding hydrogens is 285 g/mol. The molecule has 19 heavy (non-hydrogen) atoms. The Hall–Kier alpha value is -1.45. The molecule has 2 rings (SSSR count). The molecular formula is C14H13Cl2NO2. The van der Waals surface area contributed by atoms with Gasteiger partial charge < -0.3 is 9.32 Å². The summed E-state index contributed by atoms with van der Waals surface area (Å²) in [5.74, 6) is 1.35. The number of carbonyl (C=O) groups is 1. The maximum atomic E-state index is 12.3. The summed E-state index contributed by atoms with van der Waals surface area (Å²) < 4.78 is 5.44. The van der Waals surface area contributed by atoms with Gasteiger partial charge in [-0.2, -0.15) is 0 Å². The quantitative estimate of drug-likeness (QED) is 0.852. The summed E-state index contributed by atoms with van der Waals surface area (Å²) in [4.78, 5) is 13.8. The van der Waals surface area contributed by atoms with Crippen molar-refractivity contribution in [3.05, 3.63) is 57.5 Å². The molecule has 0 bridgehead atoms. The molecule has 0 aliphatic rings. The molecule has 0 fully saturated rings. The van der Waals surface area contributed by atoms with Crippen LogP contribution in [0.15, 0.2) is 34.7 Å². The standard InChI is InChI=1S/C14H13Cl2NO2/c1-9-3-5-11(19-9)8-17(2)14(18)12-7-10(15)4-6-13(12)16/h3-7H,8H2,1-2H3. The Morgan fingerprint density at radius 3 is 2.63 bits per heavy atom. The fourth-order valence-corrected chi connectivity index (χ4v) is 2.11. The summed E-state index contributed by atoms with van der Waals surface area (Å²) >= 11 is 11.9. The van der Waals surface area contributed by atoms with Crippen molar-refractivity contribution in [2.45, 2.75) is 13.5 Å². The van der Waals surface area contributed by atoms with E-state index in [9.17, 15) is 4.79 Å². The first-order valence-electron chi connectivity index (χ1n) is 5.73. The number of hydrogen-bond donors (Lipinski definition) is 0. The van der Waals surface area contributed by atoms with Gasteiger partial charge in [-0.1, -0.05) is 23.2 Å². The van der Waals surface area contributed by atoms with Crippen LogP contribution in [0.25, 0.3) is 0 Å². The minimum Gasteiger partial charge on any atom is -0.464 e. The lowest BCUT2D eigenvalue weighted by Crippen LogP contribution is -2.26. The van der Waals surface area contributed by atoms with Crippen molar-refractivity contribution >= 4 is 29.1 Å². The smallest absolute Gasteiger partial charge is 0.255 e. The normalized spacial score (nSPS) is 10.5. The Balaban J connectivity index is 2.16. The van der Waals surface area contributed by atoms with Crippen LogP contribution in [0.3, 0.4) is 0 Å². The lowest BCUT2D eigenvalue weighted by atomic mass is 10.2. The molecule has 2 aromatic rings. The Labute approximate surface area is 121 Å². The summed E-state index contributed by atoms with van der Waals surface area (Å²) in [5.41, 5.74) is 0.389. The molecule has 1 amide bonds. The van der Waals surface area contributed by atoms with Gasteiger partial charge in [-0.3, -0.25) is 4.79 Å². The summed E-state index contributed by atoms with van der Waals surface area (Å²) in [6.45, 7) is 2.24. The fraction of sp³-hybridized carbons (Fsp3) is 0.214. The number of rotatable bonds is 3. The van der Waals surface area contributed by atoms with Gasteiger partial charge in [0.2, 0.25) is 0 Å². The van der Waals surface area contributed by atoms with Crippen molar-refractivity contribution in [1.29, 1.82) is 0 Å². The van der Waals surface area contributed by atoms with E-state index in [2.05, 4.69) is 0 Å². The lowest BCUT2D eigenvalue weighted by Gasteiger charge is -2.16. The Morgan fingerprint density at radius 2 is 2.00 bits per heavy atom. The molecule has 0 atom stereocenters. The van der Waals surface area contributed by atoms with Gasteiger partial charge >= 0.3 is 0 Å². The predicted molar refractivity (Wildman–Crippen MR) is 75.7 cm³/mol. The van der Waals surface area contributed by atoms with Gasteiger partial charge in [0.25, 0.3) is 5.91 Å². The second-order valence-electron chi connectivity index (χ2n) is 4.30. The predicted octanol–water partition coefficient (Wildman–Crippen LogP) is 4.17. The Bertz CT molecular complexity index is 607. The Kier molecular flexibility index (Phi) is 4.17. The fourth-order valence-electron chi connectivity index (χ4n) is 1.74. The van der Waals surface area contributed by atoms with E-state index < -0.39 is 0 Å². The molecule has 3 nitrogen and oxygen atoms in total. The monoisotopic (exact) mass is 297 g/mol. The van der Waals surface area contributed by atoms with Crippen LogP contribution in [0.5, 0.6) is 0 Å². The first-order chi connectivity index (χ1) is 8.97. The van der Waals surface area contributed by atoms with Crippen molar-refractivity contribution < 1.29 is 9.21 Å². The van der Waals surface area contributed by atoms with E-state index in [1.807, 2.05) is 19.1 Å². The maximum absolute atomic E-state index is 12.3. The third-order valence-corrected chi connectivity index (χ3v) is 3.26. The van der Waals surface area contributed by atoms with Gasteiger partial charge in [-0.15, -0.1) is 0 Å². The van der Waals surface area contributed by atoms with Crippen molar-refractivity contribution in [1.82, 2.24) is 4.90 Å². The van der Waals surface area contributed by atoms with E-state index in [0.29, 0.717) is 22.2 Å². The zero-order chi connectivity index (χ0) is 14.0. The highest BCUT2D eigenvalue weighted by Gasteiger charge is 2.16. The van der Waals surface area contributed by atoms with Gasteiger partial charge in [0.1, 0.15) is 11.5 Å². The first-order valence-corrected chi connectivity index (χ1v) is 6.49. The number of halogens is 2. The van der Waals surface area contributed by atoms with Crippen molar-refractivity contribution in [2.24, 2.45) is 0 Å². The molecule has 0 unspecified atom stereocenters. The van der Waals surface area contributed by atoms with E-state index in [0.717, 1.165) is 11.5 Å². The third-order valence-electron chi connectivity index (χ3n) is 2.69. The van der Waals surface area contributed by atoms with Crippen LogP contribution in [-0.2, 0) is 6.54 Å². The molecule has 5 heteroatoms. The van der Waals surface area contributed by atoms with Crippen LogP contribution in [0.1, 0.15) is 21.9 Å². The van der Waals surface area contributed by atoms with Crippen LogP contribution in [0.4, 0.5) is 0 Å². The summed E-state index contributed by atoms with van der Waals surface area (Å²) in [5, 5.41) is 0.867. The number of nitrogens with zero attached hydrogens (tertiary/aromatic N) is 1. The van der Waals surface area contributed by atoms with Crippen LogP contribution < -0.4 is 0 Å². The molecule has 0 N–H and O–H groups in total.